The van der Waals surface area contributed by atoms with Crippen LogP contribution in [-0.4, -0.2) is 12.0 Å². The molecular formula is C13H14N2S. The Labute approximate surface area is 99.7 Å². The van der Waals surface area contributed by atoms with Crippen LogP contribution in [0.4, 0.5) is 0 Å². The summed E-state index contributed by atoms with van der Waals surface area (Å²) in [6, 6.07) is 8.28. The summed E-state index contributed by atoms with van der Waals surface area (Å²) in [6.07, 6.45) is 3.77. The van der Waals surface area contributed by atoms with Crippen LogP contribution in [0.15, 0.2) is 37.0 Å². The molecule has 0 fully saturated rings. The van der Waals surface area contributed by atoms with E-state index in [1.165, 1.54) is 4.88 Å². The van der Waals surface area contributed by atoms with Crippen LogP contribution in [0.2, 0.25) is 0 Å². The van der Waals surface area contributed by atoms with Gasteiger partial charge in [0.15, 0.2) is 0 Å². The highest BCUT2D eigenvalue weighted by Crippen LogP contribution is 2.25. The average Bonchev–Trinajstić information content (AvgIpc) is 2.78. The molecule has 16 heavy (non-hydrogen) atoms. The van der Waals surface area contributed by atoms with E-state index in [1.54, 1.807) is 11.3 Å². The van der Waals surface area contributed by atoms with Gasteiger partial charge >= 0.3 is 0 Å². The Bertz CT molecular complexity index is 471. The van der Waals surface area contributed by atoms with Crippen molar-refractivity contribution in [2.75, 3.05) is 7.05 Å². The van der Waals surface area contributed by atoms with Crippen LogP contribution in [0.3, 0.4) is 0 Å². The van der Waals surface area contributed by atoms with Crippen LogP contribution >= 0.6 is 11.3 Å². The third-order valence-electron chi connectivity index (χ3n) is 2.30. The summed E-state index contributed by atoms with van der Waals surface area (Å²) >= 11 is 1.72. The summed E-state index contributed by atoms with van der Waals surface area (Å²) in [7, 11) is 1.94. The average molecular weight is 230 g/mol. The first-order valence-electron chi connectivity index (χ1n) is 5.15. The van der Waals surface area contributed by atoms with Gasteiger partial charge in [-0.1, -0.05) is 36.9 Å². The maximum Gasteiger partial charge on any atom is 0.123 e. The topological polar surface area (TPSA) is 24.9 Å². The lowest BCUT2D eigenvalue weighted by Gasteiger charge is -1.97. The van der Waals surface area contributed by atoms with Crippen LogP contribution in [0.25, 0.3) is 16.6 Å². The first-order valence-corrected chi connectivity index (χ1v) is 5.97. The smallest absolute Gasteiger partial charge is 0.123 e. The molecule has 3 heteroatoms. The molecule has 0 aliphatic heterocycles. The van der Waals surface area contributed by atoms with Crippen molar-refractivity contribution in [2.45, 2.75) is 6.54 Å². The maximum absolute atomic E-state index is 4.41. The number of aromatic nitrogens is 1. The molecule has 1 heterocycles. The summed E-state index contributed by atoms with van der Waals surface area (Å²) in [5, 5.41) is 4.19. The van der Waals surface area contributed by atoms with Gasteiger partial charge in [0.1, 0.15) is 5.01 Å². The van der Waals surface area contributed by atoms with Gasteiger partial charge < -0.3 is 5.32 Å². The fourth-order valence-corrected chi connectivity index (χ4v) is 2.39. The third kappa shape index (κ3) is 2.38. The van der Waals surface area contributed by atoms with E-state index in [9.17, 15) is 0 Å². The molecule has 0 spiro atoms. The molecule has 2 aromatic rings. The van der Waals surface area contributed by atoms with Crippen molar-refractivity contribution in [1.29, 1.82) is 0 Å². The maximum atomic E-state index is 4.41. The van der Waals surface area contributed by atoms with Crippen molar-refractivity contribution in [3.05, 3.63) is 47.5 Å². The molecule has 0 amide bonds. The molecule has 0 unspecified atom stereocenters. The van der Waals surface area contributed by atoms with Crippen molar-refractivity contribution in [1.82, 2.24) is 10.3 Å². The molecule has 0 bridgehead atoms. The molecule has 0 atom stereocenters. The summed E-state index contributed by atoms with van der Waals surface area (Å²) < 4.78 is 0. The largest absolute Gasteiger partial charge is 0.315 e. The third-order valence-corrected chi connectivity index (χ3v) is 3.34. The van der Waals surface area contributed by atoms with Crippen molar-refractivity contribution < 1.29 is 0 Å². The lowest BCUT2D eigenvalue weighted by Crippen LogP contribution is -2.02. The van der Waals surface area contributed by atoms with Gasteiger partial charge in [-0.3, -0.25) is 0 Å². The zero-order valence-electron chi connectivity index (χ0n) is 9.23. The SMILES string of the molecule is C=Cc1ccc(-c2ncc(CNC)s2)cc1. The van der Waals surface area contributed by atoms with Gasteiger partial charge in [-0.05, 0) is 12.6 Å². The molecule has 0 saturated heterocycles. The quantitative estimate of drug-likeness (QED) is 0.872. The lowest BCUT2D eigenvalue weighted by atomic mass is 10.1. The van der Waals surface area contributed by atoms with Crippen molar-refractivity contribution in [3.8, 4) is 10.6 Å². The molecule has 0 saturated carbocycles. The van der Waals surface area contributed by atoms with Crippen LogP contribution < -0.4 is 5.32 Å². The van der Waals surface area contributed by atoms with Crippen LogP contribution in [-0.2, 0) is 6.54 Å². The monoisotopic (exact) mass is 230 g/mol. The number of hydrogen-bond donors (Lipinski definition) is 1. The van der Waals surface area contributed by atoms with Crippen LogP contribution in [0.5, 0.6) is 0 Å². The second-order valence-corrected chi connectivity index (χ2v) is 4.60. The van der Waals surface area contributed by atoms with Gasteiger partial charge in [0.05, 0.1) is 0 Å². The molecule has 82 valence electrons. The first kappa shape index (κ1) is 11.0. The Morgan fingerprint density at radius 2 is 2.12 bits per heavy atom. The number of nitrogens with zero attached hydrogens (tertiary/aromatic N) is 1. The van der Waals surface area contributed by atoms with Crippen molar-refractivity contribution in [2.24, 2.45) is 0 Å². The van der Waals surface area contributed by atoms with Gasteiger partial charge in [0.25, 0.3) is 0 Å². The minimum Gasteiger partial charge on any atom is -0.315 e. The number of rotatable bonds is 4. The Morgan fingerprint density at radius 3 is 2.75 bits per heavy atom. The zero-order chi connectivity index (χ0) is 11.4. The Kier molecular flexibility index (Phi) is 3.49. The van der Waals surface area contributed by atoms with E-state index in [0.717, 1.165) is 22.7 Å². The van der Waals surface area contributed by atoms with Crippen molar-refractivity contribution >= 4 is 17.4 Å². The molecule has 1 aromatic heterocycles. The van der Waals surface area contributed by atoms with Crippen molar-refractivity contribution in [3.63, 3.8) is 0 Å². The van der Waals surface area contributed by atoms with Crippen LogP contribution in [0, 0.1) is 0 Å². The highest BCUT2D eigenvalue weighted by Gasteiger charge is 2.03. The molecule has 1 N–H and O–H groups in total. The van der Waals surface area contributed by atoms with E-state index >= 15 is 0 Å². The van der Waals surface area contributed by atoms with Gasteiger partial charge in [0.2, 0.25) is 0 Å². The van der Waals surface area contributed by atoms with Gasteiger partial charge in [-0.2, -0.15) is 0 Å². The molecular weight excluding hydrogens is 216 g/mol. The number of hydrogen-bond acceptors (Lipinski definition) is 3. The Hall–Kier alpha value is -1.45. The van der Waals surface area contributed by atoms with E-state index in [4.69, 9.17) is 0 Å². The van der Waals surface area contributed by atoms with Crippen LogP contribution in [0.1, 0.15) is 10.4 Å². The van der Waals surface area contributed by atoms with Gasteiger partial charge in [-0.25, -0.2) is 4.98 Å². The van der Waals surface area contributed by atoms with Gasteiger partial charge in [0, 0.05) is 23.2 Å². The number of thiazole rings is 1. The molecule has 2 nitrogen and oxygen atoms in total. The molecule has 0 aliphatic rings. The van der Waals surface area contributed by atoms with E-state index in [0.29, 0.717) is 0 Å². The summed E-state index contributed by atoms with van der Waals surface area (Å²) in [6.45, 7) is 4.62. The normalized spacial score (nSPS) is 10.3. The predicted molar refractivity (Wildman–Crippen MR) is 70.4 cm³/mol. The molecule has 0 radical (unpaired) electrons. The Morgan fingerprint density at radius 1 is 1.38 bits per heavy atom. The fraction of sp³-hybridized carbons (Fsp3) is 0.154. The minimum atomic E-state index is 0.877. The number of benzene rings is 1. The summed E-state index contributed by atoms with van der Waals surface area (Å²) in [5.74, 6) is 0. The van der Waals surface area contributed by atoms with E-state index in [-0.39, 0.29) is 0 Å². The lowest BCUT2D eigenvalue weighted by molar-refractivity contribution is 0.829. The molecule has 2 rings (SSSR count). The highest BCUT2D eigenvalue weighted by molar-refractivity contribution is 7.15. The summed E-state index contributed by atoms with van der Waals surface area (Å²) in [5.41, 5.74) is 2.30. The summed E-state index contributed by atoms with van der Waals surface area (Å²) in [4.78, 5) is 5.67. The Balaban J connectivity index is 2.24. The standard InChI is InChI=1S/C13H14N2S/c1-3-10-4-6-11(7-5-10)13-15-9-12(16-13)8-14-2/h3-7,9,14H,1,8H2,2H3. The molecule has 0 aliphatic carbocycles. The zero-order valence-corrected chi connectivity index (χ0v) is 10.1. The predicted octanol–water partition coefficient (Wildman–Crippen LogP) is 3.17. The minimum absolute atomic E-state index is 0.877. The fourth-order valence-electron chi connectivity index (χ4n) is 1.46. The van der Waals surface area contributed by atoms with E-state index < -0.39 is 0 Å². The highest BCUT2D eigenvalue weighted by atomic mass is 32.1. The van der Waals surface area contributed by atoms with E-state index in [1.807, 2.05) is 19.3 Å². The number of nitrogens with one attached hydrogen (secondary N) is 1. The second-order valence-electron chi connectivity index (χ2n) is 3.49. The first-order chi connectivity index (χ1) is 7.83. The van der Waals surface area contributed by atoms with Gasteiger partial charge in [-0.15, -0.1) is 11.3 Å². The molecule has 1 aromatic carbocycles. The second kappa shape index (κ2) is 5.05. The van der Waals surface area contributed by atoms with E-state index in [2.05, 4.69) is 41.1 Å².